The predicted molar refractivity (Wildman–Crippen MR) is 129 cm³/mol. The van der Waals surface area contributed by atoms with Crippen LogP contribution in [-0.4, -0.2) is 20.0 Å². The number of aromatic amines is 2. The molecule has 0 aliphatic carbocycles. The van der Waals surface area contributed by atoms with Crippen LogP contribution in [-0.2, 0) is 0 Å². The van der Waals surface area contributed by atoms with E-state index in [-0.39, 0.29) is 11.4 Å². The third-order valence-corrected chi connectivity index (χ3v) is 6.67. The van der Waals surface area contributed by atoms with E-state index in [1.54, 1.807) is 0 Å². The fraction of sp³-hybridized carbons (Fsp3) is 0.120. The molecule has 2 heterocycles. The molecule has 2 aromatic heterocycles. The van der Waals surface area contributed by atoms with Crippen LogP contribution in [0.5, 0.6) is 5.75 Å². The number of nitrogens with zero attached hydrogens (tertiary/aromatic N) is 1. The zero-order valence-electron chi connectivity index (χ0n) is 17.4. The van der Waals surface area contributed by atoms with Crippen molar-refractivity contribution in [2.45, 2.75) is 19.8 Å². The van der Waals surface area contributed by atoms with Crippen molar-refractivity contribution in [1.82, 2.24) is 9.97 Å². The van der Waals surface area contributed by atoms with Crippen molar-refractivity contribution in [1.29, 1.82) is 0 Å². The lowest BCUT2D eigenvalue weighted by Crippen LogP contribution is -2.07. The maximum atomic E-state index is 11.7. The molecule has 0 radical (unpaired) electrons. The Morgan fingerprint density at radius 3 is 1.91 bits per heavy atom. The van der Waals surface area contributed by atoms with Gasteiger partial charge in [-0.3, -0.25) is 10.1 Å². The van der Waals surface area contributed by atoms with Gasteiger partial charge in [0.2, 0.25) is 0 Å². The summed E-state index contributed by atoms with van der Waals surface area (Å²) >= 11 is 3.33. The average molecular weight is 490 g/mol. The molecule has 0 amide bonds. The number of nitrogens with one attached hydrogen (secondary N) is 2. The van der Waals surface area contributed by atoms with Crippen LogP contribution in [0.4, 0.5) is 5.69 Å². The number of fused-ring (bicyclic) bond motifs is 2. The highest BCUT2D eigenvalue weighted by molar-refractivity contribution is 9.10. The van der Waals surface area contributed by atoms with E-state index in [9.17, 15) is 15.2 Å². The van der Waals surface area contributed by atoms with Gasteiger partial charge in [-0.2, -0.15) is 0 Å². The van der Waals surface area contributed by atoms with Crippen LogP contribution in [0.3, 0.4) is 0 Å². The zero-order valence-corrected chi connectivity index (χ0v) is 19.0. The average Bonchev–Trinajstić information content (AvgIpc) is 3.27. The van der Waals surface area contributed by atoms with Gasteiger partial charge in [0.25, 0.3) is 5.69 Å². The highest BCUT2D eigenvalue weighted by atomic mass is 79.9. The lowest BCUT2D eigenvalue weighted by atomic mass is 9.81. The lowest BCUT2D eigenvalue weighted by Gasteiger charge is -2.21. The molecular formula is C25H20BrN3O3. The number of aryl methyl sites for hydroxylation is 2. The first-order valence-corrected chi connectivity index (χ1v) is 11.0. The Morgan fingerprint density at radius 2 is 1.41 bits per heavy atom. The first kappa shape index (κ1) is 20.3. The van der Waals surface area contributed by atoms with E-state index in [0.29, 0.717) is 10.0 Å². The maximum absolute atomic E-state index is 11.7. The molecule has 0 unspecified atom stereocenters. The minimum atomic E-state index is -0.436. The van der Waals surface area contributed by atoms with Crippen LogP contribution in [0.25, 0.3) is 21.8 Å². The standard InChI is InChI=1S/C25H20BrN3O3/c1-13-22(16-7-3-5-9-20(16)27-13)24(18-11-15(29(31)32)12-19(26)25(18)30)23-14(2)28-21-10-6-4-8-17(21)23/h3-12,24,27-28,30H,1-2H3. The molecule has 5 rings (SSSR count). The second-order valence-corrected chi connectivity index (χ2v) is 8.83. The van der Waals surface area contributed by atoms with Crippen LogP contribution in [0.15, 0.2) is 65.1 Å². The van der Waals surface area contributed by atoms with Crippen molar-refractivity contribution in [2.24, 2.45) is 0 Å². The van der Waals surface area contributed by atoms with Crippen molar-refractivity contribution in [3.05, 3.63) is 103 Å². The summed E-state index contributed by atoms with van der Waals surface area (Å²) in [6, 6.07) is 18.8. The van der Waals surface area contributed by atoms with E-state index in [4.69, 9.17) is 0 Å². The Hall–Kier alpha value is -3.58. The minimum absolute atomic E-state index is 0.00466. The van der Waals surface area contributed by atoms with E-state index in [0.717, 1.165) is 44.3 Å². The molecule has 0 aliphatic rings. The largest absolute Gasteiger partial charge is 0.506 e. The molecule has 0 bridgehead atoms. The van der Waals surface area contributed by atoms with Gasteiger partial charge >= 0.3 is 0 Å². The second-order valence-electron chi connectivity index (χ2n) is 7.97. The van der Waals surface area contributed by atoms with Crippen LogP contribution >= 0.6 is 15.9 Å². The Labute approximate surface area is 192 Å². The molecule has 0 saturated carbocycles. The molecule has 0 spiro atoms. The summed E-state index contributed by atoms with van der Waals surface area (Å²) in [7, 11) is 0. The van der Waals surface area contributed by atoms with Gasteiger partial charge in [-0.1, -0.05) is 36.4 Å². The van der Waals surface area contributed by atoms with E-state index in [1.165, 1.54) is 12.1 Å². The molecule has 3 N–H and O–H groups in total. The molecule has 7 heteroatoms. The number of rotatable bonds is 4. The summed E-state index contributed by atoms with van der Waals surface area (Å²) in [6.45, 7) is 3.99. The highest BCUT2D eigenvalue weighted by Gasteiger charge is 2.31. The van der Waals surface area contributed by atoms with Gasteiger partial charge in [-0.15, -0.1) is 0 Å². The van der Waals surface area contributed by atoms with E-state index < -0.39 is 10.8 Å². The number of aromatic nitrogens is 2. The van der Waals surface area contributed by atoms with E-state index in [1.807, 2.05) is 62.4 Å². The molecule has 0 saturated heterocycles. The summed E-state index contributed by atoms with van der Waals surface area (Å²) in [4.78, 5) is 18.1. The van der Waals surface area contributed by atoms with Gasteiger partial charge in [-0.25, -0.2) is 0 Å². The Balaban J connectivity index is 1.93. The fourth-order valence-corrected chi connectivity index (χ4v) is 5.19. The number of phenolic OH excluding ortho intramolecular Hbond substituents is 1. The minimum Gasteiger partial charge on any atom is -0.506 e. The first-order valence-electron chi connectivity index (χ1n) is 10.2. The van der Waals surface area contributed by atoms with Gasteiger partial charge in [-0.05, 0) is 53.0 Å². The number of nitro groups is 1. The number of hydrogen-bond donors (Lipinski definition) is 3. The molecular weight excluding hydrogens is 470 g/mol. The summed E-state index contributed by atoms with van der Waals surface area (Å²) in [5.74, 6) is -0.437. The maximum Gasteiger partial charge on any atom is 0.271 e. The highest BCUT2D eigenvalue weighted by Crippen LogP contribution is 2.47. The molecule has 32 heavy (non-hydrogen) atoms. The van der Waals surface area contributed by atoms with E-state index in [2.05, 4.69) is 25.9 Å². The normalized spacial score (nSPS) is 11.6. The molecule has 5 aromatic rings. The number of phenols is 1. The third-order valence-electron chi connectivity index (χ3n) is 6.06. The second kappa shape index (κ2) is 7.53. The van der Waals surface area contributed by atoms with E-state index >= 15 is 0 Å². The van der Waals surface area contributed by atoms with Crippen LogP contribution < -0.4 is 0 Å². The SMILES string of the molecule is Cc1[nH]c2ccccc2c1C(c1cc([N+](=O)[O-])cc(Br)c1O)c1c(C)[nH]c2ccccc12. The van der Waals surface area contributed by atoms with Gasteiger partial charge in [0.05, 0.1) is 9.40 Å². The van der Waals surface area contributed by atoms with Gasteiger partial charge in [0, 0.05) is 56.8 Å². The molecule has 6 nitrogen and oxygen atoms in total. The Morgan fingerprint density at radius 1 is 0.906 bits per heavy atom. The molecule has 0 fully saturated rings. The molecule has 0 aliphatic heterocycles. The summed E-state index contributed by atoms with van der Waals surface area (Å²) < 4.78 is 0.293. The van der Waals surface area contributed by atoms with Gasteiger partial charge in [0.15, 0.2) is 0 Å². The number of hydrogen-bond acceptors (Lipinski definition) is 3. The van der Waals surface area contributed by atoms with Crippen molar-refractivity contribution >= 4 is 43.4 Å². The summed E-state index contributed by atoms with van der Waals surface area (Å²) in [5.41, 5.74) is 6.22. The lowest BCUT2D eigenvalue weighted by molar-refractivity contribution is -0.385. The van der Waals surface area contributed by atoms with Crippen molar-refractivity contribution in [2.75, 3.05) is 0 Å². The summed E-state index contributed by atoms with van der Waals surface area (Å²) in [6.07, 6.45) is 0. The van der Waals surface area contributed by atoms with Crippen molar-refractivity contribution < 1.29 is 10.0 Å². The quantitative estimate of drug-likeness (QED) is 0.191. The Kier molecular flexibility index (Phi) is 4.78. The van der Waals surface area contributed by atoms with Crippen LogP contribution in [0.2, 0.25) is 0 Å². The fourth-order valence-electron chi connectivity index (χ4n) is 4.73. The number of nitro benzene ring substituents is 1. The van der Waals surface area contributed by atoms with Crippen LogP contribution in [0, 0.1) is 24.0 Å². The Bertz CT molecular complexity index is 1440. The van der Waals surface area contributed by atoms with Crippen LogP contribution in [0.1, 0.15) is 34.0 Å². The molecule has 160 valence electrons. The third kappa shape index (κ3) is 3.08. The topological polar surface area (TPSA) is 94.9 Å². The number of para-hydroxylation sites is 2. The first-order chi connectivity index (χ1) is 15.4. The number of benzene rings is 3. The van der Waals surface area contributed by atoms with Gasteiger partial charge in [0.1, 0.15) is 5.75 Å². The molecule has 3 aromatic carbocycles. The van der Waals surface area contributed by atoms with Crippen molar-refractivity contribution in [3.63, 3.8) is 0 Å². The van der Waals surface area contributed by atoms with Gasteiger partial charge < -0.3 is 15.1 Å². The number of non-ortho nitro benzene ring substituents is 1. The summed E-state index contributed by atoms with van der Waals surface area (Å²) in [5, 5.41) is 24.8. The van der Waals surface area contributed by atoms with Crippen molar-refractivity contribution in [3.8, 4) is 5.75 Å². The number of aromatic hydroxyl groups is 1. The zero-order chi connectivity index (χ0) is 22.6. The monoisotopic (exact) mass is 489 g/mol. The number of H-pyrrole nitrogens is 2. The smallest absolute Gasteiger partial charge is 0.271 e. The predicted octanol–water partition coefficient (Wildman–Crippen LogP) is 6.82. The molecule has 0 atom stereocenters. The number of halogens is 1.